The van der Waals surface area contributed by atoms with Crippen LogP contribution in [0.5, 0.6) is 0 Å². The molecule has 1 unspecified atom stereocenters. The van der Waals surface area contributed by atoms with E-state index in [-0.39, 0.29) is 6.61 Å². The van der Waals surface area contributed by atoms with Crippen LogP contribution in [0.25, 0.3) is 0 Å². The number of aliphatic hydroxyl groups is 1. The first-order chi connectivity index (χ1) is 9.24. The van der Waals surface area contributed by atoms with Gasteiger partial charge in [-0.15, -0.1) is 0 Å². The molecule has 0 saturated carbocycles. The molecule has 5 heteroatoms. The second-order valence-corrected chi connectivity index (χ2v) is 5.27. The maximum atomic E-state index is 9.01. The van der Waals surface area contributed by atoms with Gasteiger partial charge in [0, 0.05) is 39.4 Å². The van der Waals surface area contributed by atoms with Crippen molar-refractivity contribution >= 4 is 11.6 Å². The lowest BCUT2D eigenvalue weighted by atomic mass is 10.1. The number of aliphatic hydroxyl groups excluding tert-OH is 1. The average Bonchev–Trinajstić information content (AvgIpc) is 2.88. The number of hydrogen-bond acceptors (Lipinski definition) is 5. The molecule has 0 bridgehead atoms. The van der Waals surface area contributed by atoms with E-state index < -0.39 is 0 Å². The smallest absolute Gasteiger partial charge is 0.134 e. The molecular weight excluding hydrogens is 240 g/mol. The van der Waals surface area contributed by atoms with E-state index in [1.165, 1.54) is 0 Å². The summed E-state index contributed by atoms with van der Waals surface area (Å²) in [5.74, 6) is 2.59. The third-order valence-electron chi connectivity index (χ3n) is 3.74. The zero-order chi connectivity index (χ0) is 13.7. The van der Waals surface area contributed by atoms with Crippen molar-refractivity contribution in [2.75, 3.05) is 43.1 Å². The molecule has 0 aliphatic carbocycles. The maximum absolute atomic E-state index is 9.01. The van der Waals surface area contributed by atoms with E-state index in [1.54, 1.807) is 6.33 Å². The number of hydrogen-bond donors (Lipinski definition) is 1. The van der Waals surface area contributed by atoms with Crippen LogP contribution in [0.3, 0.4) is 0 Å². The first-order valence-corrected chi connectivity index (χ1v) is 7.13. The highest BCUT2D eigenvalue weighted by atomic mass is 16.3. The van der Waals surface area contributed by atoms with Crippen LogP contribution in [0.1, 0.15) is 26.2 Å². The Bertz CT molecular complexity index is 399. The van der Waals surface area contributed by atoms with E-state index in [0.717, 1.165) is 50.5 Å². The van der Waals surface area contributed by atoms with Crippen molar-refractivity contribution < 1.29 is 5.11 Å². The fourth-order valence-electron chi connectivity index (χ4n) is 2.63. The summed E-state index contributed by atoms with van der Waals surface area (Å²) in [5.41, 5.74) is 0. The molecule has 1 atom stereocenters. The van der Waals surface area contributed by atoms with E-state index in [4.69, 9.17) is 5.11 Å². The Hall–Kier alpha value is -1.36. The lowest BCUT2D eigenvalue weighted by molar-refractivity contribution is 0.263. The number of aromatic nitrogens is 2. The van der Waals surface area contributed by atoms with Crippen LogP contribution in [0, 0.1) is 5.92 Å². The van der Waals surface area contributed by atoms with E-state index in [1.807, 2.05) is 0 Å². The van der Waals surface area contributed by atoms with Gasteiger partial charge in [-0.1, -0.05) is 6.92 Å². The van der Waals surface area contributed by atoms with Gasteiger partial charge in [0.2, 0.25) is 0 Å². The molecule has 0 spiro atoms. The lowest BCUT2D eigenvalue weighted by Crippen LogP contribution is -2.23. The molecule has 1 fully saturated rings. The normalized spacial score (nSPS) is 18.9. The molecule has 106 valence electrons. The Morgan fingerprint density at radius 3 is 3.05 bits per heavy atom. The molecule has 1 N–H and O–H groups in total. The SMILES string of the molecule is CCCN(C)c1cc(N2CCC(CCO)C2)ncn1. The largest absolute Gasteiger partial charge is 0.396 e. The predicted octanol–water partition coefficient (Wildman–Crippen LogP) is 1.53. The number of nitrogens with zero attached hydrogens (tertiary/aromatic N) is 4. The lowest BCUT2D eigenvalue weighted by Gasteiger charge is -2.21. The molecule has 19 heavy (non-hydrogen) atoms. The maximum Gasteiger partial charge on any atom is 0.134 e. The molecule has 0 aromatic carbocycles. The summed E-state index contributed by atoms with van der Waals surface area (Å²) in [6, 6.07) is 2.07. The highest BCUT2D eigenvalue weighted by Crippen LogP contribution is 2.25. The monoisotopic (exact) mass is 264 g/mol. The van der Waals surface area contributed by atoms with Crippen molar-refractivity contribution in [2.45, 2.75) is 26.2 Å². The van der Waals surface area contributed by atoms with Crippen molar-refractivity contribution in [2.24, 2.45) is 5.92 Å². The number of rotatable bonds is 6. The van der Waals surface area contributed by atoms with E-state index in [9.17, 15) is 0 Å². The van der Waals surface area contributed by atoms with Gasteiger partial charge in [0.1, 0.15) is 18.0 Å². The Labute approximate surface area is 115 Å². The average molecular weight is 264 g/mol. The first kappa shape index (κ1) is 14.1. The second kappa shape index (κ2) is 6.70. The van der Waals surface area contributed by atoms with Gasteiger partial charge in [0.15, 0.2) is 0 Å². The van der Waals surface area contributed by atoms with Crippen LogP contribution in [-0.4, -0.2) is 48.4 Å². The first-order valence-electron chi connectivity index (χ1n) is 7.13. The summed E-state index contributed by atoms with van der Waals surface area (Å²) in [6.45, 7) is 5.47. The Balaban J connectivity index is 2.03. The van der Waals surface area contributed by atoms with Crippen molar-refractivity contribution in [1.82, 2.24) is 9.97 Å². The molecule has 0 amide bonds. The van der Waals surface area contributed by atoms with Gasteiger partial charge in [-0.3, -0.25) is 0 Å². The van der Waals surface area contributed by atoms with Gasteiger partial charge >= 0.3 is 0 Å². The van der Waals surface area contributed by atoms with E-state index >= 15 is 0 Å². The van der Waals surface area contributed by atoms with E-state index in [0.29, 0.717) is 5.92 Å². The van der Waals surface area contributed by atoms with Gasteiger partial charge in [-0.25, -0.2) is 9.97 Å². The summed E-state index contributed by atoms with van der Waals surface area (Å²) >= 11 is 0. The van der Waals surface area contributed by atoms with E-state index in [2.05, 4.69) is 39.8 Å². The third-order valence-corrected chi connectivity index (χ3v) is 3.74. The Kier molecular flexibility index (Phi) is 4.96. The Morgan fingerprint density at radius 2 is 2.32 bits per heavy atom. The molecule has 1 aromatic heterocycles. The van der Waals surface area contributed by atoms with Gasteiger partial charge in [0.25, 0.3) is 0 Å². The zero-order valence-corrected chi connectivity index (χ0v) is 11.9. The fraction of sp³-hybridized carbons (Fsp3) is 0.714. The molecule has 2 heterocycles. The molecular formula is C14H24N4O. The van der Waals surface area contributed by atoms with Crippen molar-refractivity contribution in [3.63, 3.8) is 0 Å². The van der Waals surface area contributed by atoms with Crippen LogP contribution in [0.15, 0.2) is 12.4 Å². The molecule has 5 nitrogen and oxygen atoms in total. The van der Waals surface area contributed by atoms with Crippen LogP contribution < -0.4 is 9.80 Å². The van der Waals surface area contributed by atoms with Gasteiger partial charge < -0.3 is 14.9 Å². The highest BCUT2D eigenvalue weighted by molar-refractivity contribution is 5.50. The summed E-state index contributed by atoms with van der Waals surface area (Å²) in [7, 11) is 2.06. The van der Waals surface area contributed by atoms with Gasteiger partial charge in [0.05, 0.1) is 0 Å². The predicted molar refractivity (Wildman–Crippen MR) is 77.6 cm³/mol. The van der Waals surface area contributed by atoms with Crippen molar-refractivity contribution in [3.8, 4) is 0 Å². The zero-order valence-electron chi connectivity index (χ0n) is 11.9. The minimum absolute atomic E-state index is 0.284. The van der Waals surface area contributed by atoms with Gasteiger partial charge in [-0.05, 0) is 25.2 Å². The molecule has 2 rings (SSSR count). The Morgan fingerprint density at radius 1 is 1.47 bits per heavy atom. The van der Waals surface area contributed by atoms with Crippen LogP contribution in [-0.2, 0) is 0 Å². The molecule has 0 radical (unpaired) electrons. The van der Waals surface area contributed by atoms with Crippen molar-refractivity contribution in [1.29, 1.82) is 0 Å². The number of anilines is 2. The second-order valence-electron chi connectivity index (χ2n) is 5.27. The molecule has 1 aliphatic rings. The quantitative estimate of drug-likeness (QED) is 0.844. The van der Waals surface area contributed by atoms with Crippen LogP contribution in [0.2, 0.25) is 0 Å². The summed E-state index contributed by atoms with van der Waals surface area (Å²) in [4.78, 5) is 13.2. The topological polar surface area (TPSA) is 52.5 Å². The summed E-state index contributed by atoms with van der Waals surface area (Å²) in [5, 5.41) is 9.01. The molecule has 1 aromatic rings. The van der Waals surface area contributed by atoms with Crippen LogP contribution >= 0.6 is 0 Å². The van der Waals surface area contributed by atoms with Crippen LogP contribution in [0.4, 0.5) is 11.6 Å². The molecule has 1 saturated heterocycles. The highest BCUT2D eigenvalue weighted by Gasteiger charge is 2.23. The molecule has 1 aliphatic heterocycles. The standard InChI is InChI=1S/C14H24N4O/c1-3-6-17(2)13-9-14(16-11-15-13)18-7-4-12(10-18)5-8-19/h9,11-12,19H,3-8,10H2,1-2H3. The summed E-state index contributed by atoms with van der Waals surface area (Å²) in [6.07, 6.45) is 4.79. The minimum Gasteiger partial charge on any atom is -0.396 e. The summed E-state index contributed by atoms with van der Waals surface area (Å²) < 4.78 is 0. The minimum atomic E-state index is 0.284. The fourth-order valence-corrected chi connectivity index (χ4v) is 2.63. The van der Waals surface area contributed by atoms with Gasteiger partial charge in [-0.2, -0.15) is 0 Å². The van der Waals surface area contributed by atoms with Crippen molar-refractivity contribution in [3.05, 3.63) is 12.4 Å². The third kappa shape index (κ3) is 3.56.